The number of allylic oxidation sites excluding steroid dienone is 7. The summed E-state index contributed by atoms with van der Waals surface area (Å²) in [5, 5.41) is 15.7. The Morgan fingerprint density at radius 3 is 2.38 bits per heavy atom. The van der Waals surface area contributed by atoms with Gasteiger partial charge < -0.3 is 25.4 Å². The quantitative estimate of drug-likeness (QED) is 0.0461. The fraction of sp³-hybridized carbons (Fsp3) is 0.667. The first-order valence-electron chi connectivity index (χ1n) is 17.2. The summed E-state index contributed by atoms with van der Waals surface area (Å²) in [5.41, 5.74) is 2.45. The maximum Gasteiger partial charge on any atom is 0.416 e. The van der Waals surface area contributed by atoms with Crippen LogP contribution >= 0.6 is 8.58 Å². The smallest absolute Gasteiger partial charge is 0.416 e. The molecule has 0 radical (unpaired) electrons. The number of rotatable bonds is 17. The molecule has 278 valence electrons. The van der Waals surface area contributed by atoms with Crippen LogP contribution in [0, 0.1) is 0 Å². The third-order valence-corrected chi connectivity index (χ3v) is 9.15. The van der Waals surface area contributed by atoms with Gasteiger partial charge in [-0.1, -0.05) is 79.5 Å². The fourth-order valence-corrected chi connectivity index (χ4v) is 6.37. The highest BCUT2D eigenvalue weighted by Crippen LogP contribution is 2.40. The van der Waals surface area contributed by atoms with Crippen LogP contribution in [0.2, 0.25) is 0 Å². The summed E-state index contributed by atoms with van der Waals surface area (Å²) in [4.78, 5) is 27.1. The topological polar surface area (TPSA) is 90.9 Å². The zero-order valence-corrected chi connectivity index (χ0v) is 31.7. The summed E-state index contributed by atoms with van der Waals surface area (Å²) < 4.78 is 55.8. The second-order valence-electron chi connectivity index (χ2n) is 10.7. The molecule has 2 aliphatic heterocycles. The average Bonchev–Trinajstić information content (AvgIpc) is 3.10. The van der Waals surface area contributed by atoms with Gasteiger partial charge in [-0.15, -0.1) is 0 Å². The van der Waals surface area contributed by atoms with Gasteiger partial charge in [-0.3, -0.25) is 9.18 Å². The Labute approximate surface area is 289 Å². The van der Waals surface area contributed by atoms with Crippen molar-refractivity contribution in [1.29, 1.82) is 0 Å². The van der Waals surface area contributed by atoms with Gasteiger partial charge in [0.25, 0.3) is 5.91 Å². The number of alkyl halides is 4. The molecule has 0 bridgehead atoms. The zero-order valence-electron chi connectivity index (χ0n) is 30.7. The second-order valence-corrected chi connectivity index (χ2v) is 12.2. The Bertz CT molecular complexity index is 1070. The van der Waals surface area contributed by atoms with Crippen molar-refractivity contribution in [2.75, 3.05) is 47.1 Å². The van der Waals surface area contributed by atoms with E-state index in [0.29, 0.717) is 39.0 Å². The van der Waals surface area contributed by atoms with E-state index in [2.05, 4.69) is 27.7 Å². The Morgan fingerprint density at radius 2 is 1.81 bits per heavy atom. The third kappa shape index (κ3) is 18.9. The minimum absolute atomic E-state index is 0.0500. The van der Waals surface area contributed by atoms with Crippen LogP contribution in [-0.4, -0.2) is 86.8 Å². The summed E-state index contributed by atoms with van der Waals surface area (Å²) in [7, 11) is 2.87. The summed E-state index contributed by atoms with van der Waals surface area (Å²) >= 11 is 0. The SMILES string of the molecule is CC.CC.CF.C\C=C(/C(=C\C=C(/C)CC)C(=O)NC(CCN(CCCCC1C=CC2=C(NCCC2)P1)CCOC)C(=O)O)C(F)(F)F. The number of unbranched alkanes of at least 4 members (excludes halogenated alkanes) is 1. The molecule has 0 aromatic heterocycles. The third-order valence-electron chi connectivity index (χ3n) is 7.51. The molecular weight excluding hydrogens is 645 g/mol. The van der Waals surface area contributed by atoms with Crippen LogP contribution in [-0.2, 0) is 14.3 Å². The van der Waals surface area contributed by atoms with Crippen LogP contribution in [0.15, 0.2) is 58.1 Å². The van der Waals surface area contributed by atoms with E-state index in [1.807, 2.05) is 34.6 Å². The van der Waals surface area contributed by atoms with Gasteiger partial charge in [0.15, 0.2) is 0 Å². The molecule has 0 saturated heterocycles. The summed E-state index contributed by atoms with van der Waals surface area (Å²) in [6.45, 7) is 16.0. The maximum atomic E-state index is 13.7. The van der Waals surface area contributed by atoms with Gasteiger partial charge in [0.05, 0.1) is 24.9 Å². The number of carboxylic acids is 1. The van der Waals surface area contributed by atoms with E-state index < -0.39 is 35.2 Å². The Kier molecular flexibility index (Phi) is 28.1. The van der Waals surface area contributed by atoms with Crippen LogP contribution < -0.4 is 10.6 Å². The van der Waals surface area contributed by atoms with E-state index in [9.17, 15) is 32.3 Å². The standard InChI is InChI=1S/C31H47F3N3O4P.2C2H6.CH3F/c1-5-22(3)12-15-25(26(6-2)31(32,33)34)28(38)36-27(30(39)40)16-19-37(20-21-41-4)18-8-7-11-24-14-13-23-10-9-17-35-29(23)42-24;3*1-2/h6,12-15,24,27,35,42H,5,7-11,16-21H2,1-4H3,(H,36,38)(H,39,40);2*1-2H3;1H3/b22-12+,25-15+,26-6+;;;. The predicted octanol–water partition coefficient (Wildman–Crippen LogP) is 8.71. The zero-order chi connectivity index (χ0) is 37.1. The van der Waals surface area contributed by atoms with Gasteiger partial charge in [0.2, 0.25) is 0 Å². The number of nitrogens with zero attached hydrogens (tertiary/aromatic N) is 1. The highest BCUT2D eigenvalue weighted by Gasteiger charge is 2.38. The predicted molar refractivity (Wildman–Crippen MR) is 194 cm³/mol. The van der Waals surface area contributed by atoms with E-state index in [-0.39, 0.29) is 6.42 Å². The van der Waals surface area contributed by atoms with Gasteiger partial charge in [0, 0.05) is 37.8 Å². The number of halogens is 4. The number of carbonyl (C=O) groups excluding carboxylic acids is 1. The molecule has 2 aliphatic rings. The van der Waals surface area contributed by atoms with Crippen molar-refractivity contribution in [2.45, 2.75) is 111 Å². The molecule has 0 aliphatic carbocycles. The van der Waals surface area contributed by atoms with Gasteiger partial charge in [-0.25, -0.2) is 4.79 Å². The number of nitrogens with one attached hydrogen (secondary N) is 2. The molecule has 3 unspecified atom stereocenters. The van der Waals surface area contributed by atoms with Crippen molar-refractivity contribution in [1.82, 2.24) is 15.5 Å². The van der Waals surface area contributed by atoms with Crippen molar-refractivity contribution in [3.8, 4) is 0 Å². The summed E-state index contributed by atoms with van der Waals surface area (Å²) in [6, 6.07) is -1.34. The molecule has 48 heavy (non-hydrogen) atoms. The first kappa shape index (κ1) is 47.6. The maximum absolute atomic E-state index is 13.7. The molecule has 0 aromatic carbocycles. The second kappa shape index (κ2) is 28.4. The van der Waals surface area contributed by atoms with Crippen LogP contribution in [0.5, 0.6) is 0 Å². The van der Waals surface area contributed by atoms with Crippen LogP contribution in [0.25, 0.3) is 0 Å². The highest BCUT2D eigenvalue weighted by molar-refractivity contribution is 7.44. The molecule has 7 nitrogen and oxygen atoms in total. The monoisotopic (exact) mass is 707 g/mol. The molecular formula is C36H62F4N3O4P. The van der Waals surface area contributed by atoms with E-state index in [4.69, 9.17) is 4.74 Å². The number of carboxylic acid groups (broad SMARTS) is 1. The lowest BCUT2D eigenvalue weighted by Crippen LogP contribution is -2.44. The Morgan fingerprint density at radius 1 is 1.15 bits per heavy atom. The van der Waals surface area contributed by atoms with Gasteiger partial charge in [-0.05, 0) is 70.6 Å². The number of methoxy groups -OCH3 is 1. The minimum atomic E-state index is -4.76. The first-order chi connectivity index (χ1) is 23.0. The molecule has 3 atom stereocenters. The van der Waals surface area contributed by atoms with Crippen LogP contribution in [0.4, 0.5) is 17.6 Å². The molecule has 0 aromatic rings. The number of hydrogen-bond acceptors (Lipinski definition) is 5. The average molecular weight is 708 g/mol. The number of hydrogen-bond donors (Lipinski definition) is 3. The van der Waals surface area contributed by atoms with Crippen molar-refractivity contribution in [3.63, 3.8) is 0 Å². The normalized spacial score (nSPS) is 17.5. The lowest BCUT2D eigenvalue weighted by atomic mass is 10.0. The number of carbonyl (C=O) groups is 2. The molecule has 12 heteroatoms. The van der Waals surface area contributed by atoms with Gasteiger partial charge in [-0.2, -0.15) is 13.2 Å². The minimum Gasteiger partial charge on any atom is -0.480 e. The molecule has 0 fully saturated rings. The molecule has 0 saturated carbocycles. The van der Waals surface area contributed by atoms with E-state index in [0.717, 1.165) is 65.1 Å². The number of aliphatic carboxylic acids is 1. The first-order valence-corrected chi connectivity index (χ1v) is 18.2. The molecule has 1 amide bonds. The fourth-order valence-electron chi connectivity index (χ4n) is 4.84. The molecule has 0 spiro atoms. The van der Waals surface area contributed by atoms with Crippen molar-refractivity contribution < 1.29 is 37.0 Å². The highest BCUT2D eigenvalue weighted by atomic mass is 31.1. The molecule has 2 heterocycles. The Balaban J connectivity index is 0. The van der Waals surface area contributed by atoms with Crippen molar-refractivity contribution >= 4 is 20.5 Å². The largest absolute Gasteiger partial charge is 0.480 e. The van der Waals surface area contributed by atoms with E-state index in [1.165, 1.54) is 30.4 Å². The lowest BCUT2D eigenvalue weighted by molar-refractivity contribution is -0.141. The number of amides is 1. The lowest BCUT2D eigenvalue weighted by Gasteiger charge is -2.28. The molecule has 3 N–H and O–H groups in total. The van der Waals surface area contributed by atoms with Gasteiger partial charge in [0.1, 0.15) is 6.04 Å². The van der Waals surface area contributed by atoms with Crippen LogP contribution in [0.3, 0.4) is 0 Å². The number of ether oxygens (including phenoxy) is 1. The van der Waals surface area contributed by atoms with Crippen LogP contribution in [0.1, 0.15) is 93.4 Å². The van der Waals surface area contributed by atoms with E-state index >= 15 is 0 Å². The summed E-state index contributed by atoms with van der Waals surface area (Å²) in [6.07, 6.45) is 9.24. The summed E-state index contributed by atoms with van der Waals surface area (Å²) in [5.74, 6) is -2.36. The van der Waals surface area contributed by atoms with Crippen molar-refractivity contribution in [2.24, 2.45) is 0 Å². The van der Waals surface area contributed by atoms with E-state index in [1.54, 1.807) is 14.0 Å². The van der Waals surface area contributed by atoms with Crippen molar-refractivity contribution in [3.05, 3.63) is 58.1 Å². The van der Waals surface area contributed by atoms with Gasteiger partial charge >= 0.3 is 12.1 Å². The Hall–Kier alpha value is -2.49. The molecule has 2 rings (SSSR count).